The van der Waals surface area contributed by atoms with Gasteiger partial charge in [-0.1, -0.05) is 13.8 Å². The van der Waals surface area contributed by atoms with E-state index >= 15 is 0 Å². The van der Waals surface area contributed by atoms with Crippen LogP contribution in [0.2, 0.25) is 0 Å². The van der Waals surface area contributed by atoms with Crippen molar-refractivity contribution in [2.75, 3.05) is 11.1 Å². The maximum absolute atomic E-state index is 11.5. The normalized spacial score (nSPS) is 12.6. The number of aryl methyl sites for hydroxylation is 1. The fourth-order valence-electron chi connectivity index (χ4n) is 2.23. The van der Waals surface area contributed by atoms with Gasteiger partial charge in [0.2, 0.25) is 5.91 Å². The van der Waals surface area contributed by atoms with Crippen LogP contribution in [0, 0.1) is 12.8 Å². The second-order valence-electron chi connectivity index (χ2n) is 5.34. The van der Waals surface area contributed by atoms with E-state index in [4.69, 9.17) is 11.5 Å². The SMILES string of the molecule is Cc1cc2c(NC(C(N)=O)C(C)C)ccc(N)c2cn1. The van der Waals surface area contributed by atoms with Crippen LogP contribution in [0.3, 0.4) is 0 Å². The summed E-state index contributed by atoms with van der Waals surface area (Å²) in [5, 5.41) is 5.03. The van der Waals surface area contributed by atoms with E-state index in [-0.39, 0.29) is 11.8 Å². The zero-order valence-electron chi connectivity index (χ0n) is 12.0. The highest BCUT2D eigenvalue weighted by atomic mass is 16.1. The minimum atomic E-state index is -0.421. The van der Waals surface area contributed by atoms with Gasteiger partial charge in [-0.3, -0.25) is 9.78 Å². The molecule has 1 unspecified atom stereocenters. The Bertz CT molecular complexity index is 652. The molecular formula is C15H20N4O. The molecule has 5 heteroatoms. The number of nitrogen functional groups attached to an aromatic ring is 1. The molecule has 0 aliphatic carbocycles. The fraction of sp³-hybridized carbons (Fsp3) is 0.333. The number of hydrogen-bond donors (Lipinski definition) is 3. The number of pyridine rings is 1. The molecule has 0 spiro atoms. The standard InChI is InChI=1S/C15H20N4O/c1-8(2)14(15(17)20)19-13-5-4-12(16)11-7-18-9(3)6-10(11)13/h4-8,14,19H,16H2,1-3H3,(H2,17,20). The number of fused-ring (bicyclic) bond motifs is 1. The first-order valence-corrected chi connectivity index (χ1v) is 6.61. The van der Waals surface area contributed by atoms with E-state index in [1.807, 2.05) is 32.9 Å². The molecular weight excluding hydrogens is 252 g/mol. The Balaban J connectivity index is 2.52. The molecule has 1 aromatic heterocycles. The van der Waals surface area contributed by atoms with Gasteiger partial charge in [-0.05, 0) is 31.0 Å². The number of anilines is 2. The molecule has 1 heterocycles. The minimum Gasteiger partial charge on any atom is -0.398 e. The lowest BCUT2D eigenvalue weighted by molar-refractivity contribution is -0.119. The van der Waals surface area contributed by atoms with E-state index in [0.717, 1.165) is 22.2 Å². The molecule has 0 bridgehead atoms. The van der Waals surface area contributed by atoms with E-state index in [1.165, 1.54) is 0 Å². The number of aromatic nitrogens is 1. The molecule has 2 aromatic rings. The van der Waals surface area contributed by atoms with Gasteiger partial charge < -0.3 is 16.8 Å². The van der Waals surface area contributed by atoms with Gasteiger partial charge in [0.15, 0.2) is 0 Å². The first kappa shape index (κ1) is 14.1. The van der Waals surface area contributed by atoms with Gasteiger partial charge >= 0.3 is 0 Å². The first-order chi connectivity index (χ1) is 9.40. The largest absolute Gasteiger partial charge is 0.398 e. The van der Waals surface area contributed by atoms with Crippen molar-refractivity contribution in [1.82, 2.24) is 4.98 Å². The Kier molecular flexibility index (Phi) is 3.79. The lowest BCUT2D eigenvalue weighted by Gasteiger charge is -2.21. The minimum absolute atomic E-state index is 0.100. The van der Waals surface area contributed by atoms with Crippen LogP contribution in [0.25, 0.3) is 10.8 Å². The third-order valence-corrected chi connectivity index (χ3v) is 3.36. The quantitative estimate of drug-likeness (QED) is 0.742. The van der Waals surface area contributed by atoms with Crippen LogP contribution in [0.15, 0.2) is 24.4 Å². The Morgan fingerprint density at radius 2 is 2.00 bits per heavy atom. The number of hydrogen-bond acceptors (Lipinski definition) is 4. The summed E-state index contributed by atoms with van der Waals surface area (Å²) in [5.74, 6) is -0.265. The van der Waals surface area contributed by atoms with Crippen molar-refractivity contribution in [3.05, 3.63) is 30.1 Å². The molecule has 5 N–H and O–H groups in total. The van der Waals surface area contributed by atoms with Gasteiger partial charge in [0, 0.05) is 34.0 Å². The summed E-state index contributed by atoms with van der Waals surface area (Å²) in [7, 11) is 0. The highest BCUT2D eigenvalue weighted by molar-refractivity contribution is 6.01. The fourth-order valence-corrected chi connectivity index (χ4v) is 2.23. The third kappa shape index (κ3) is 2.66. The summed E-state index contributed by atoms with van der Waals surface area (Å²) < 4.78 is 0. The van der Waals surface area contributed by atoms with Gasteiger partial charge in [0.05, 0.1) is 0 Å². The molecule has 0 saturated carbocycles. The number of benzene rings is 1. The van der Waals surface area contributed by atoms with Crippen LogP contribution < -0.4 is 16.8 Å². The molecule has 1 amide bonds. The molecule has 0 saturated heterocycles. The van der Waals surface area contributed by atoms with Crippen molar-refractivity contribution < 1.29 is 4.79 Å². The molecule has 20 heavy (non-hydrogen) atoms. The van der Waals surface area contributed by atoms with Crippen molar-refractivity contribution in [2.45, 2.75) is 26.8 Å². The number of nitrogens with zero attached hydrogens (tertiary/aromatic N) is 1. The van der Waals surface area contributed by atoms with Crippen LogP contribution in [0.4, 0.5) is 11.4 Å². The number of carbonyl (C=O) groups excluding carboxylic acids is 1. The predicted molar refractivity (Wildman–Crippen MR) is 82.3 cm³/mol. The summed E-state index contributed by atoms with van der Waals surface area (Å²) in [6.07, 6.45) is 1.75. The maximum atomic E-state index is 11.5. The number of nitrogens with two attached hydrogens (primary N) is 2. The van der Waals surface area contributed by atoms with Crippen LogP contribution in [0.1, 0.15) is 19.5 Å². The molecule has 0 radical (unpaired) electrons. The van der Waals surface area contributed by atoms with Gasteiger partial charge in [-0.15, -0.1) is 0 Å². The van der Waals surface area contributed by atoms with Crippen LogP contribution >= 0.6 is 0 Å². The molecule has 5 nitrogen and oxygen atoms in total. The number of nitrogens with one attached hydrogen (secondary N) is 1. The van der Waals surface area contributed by atoms with Crippen molar-refractivity contribution in [3.63, 3.8) is 0 Å². The highest BCUT2D eigenvalue weighted by Crippen LogP contribution is 2.29. The summed E-state index contributed by atoms with van der Waals surface area (Å²) in [6.45, 7) is 5.82. The van der Waals surface area contributed by atoms with Crippen molar-refractivity contribution in [3.8, 4) is 0 Å². The number of carbonyl (C=O) groups is 1. The molecule has 2 rings (SSSR count). The molecule has 1 atom stereocenters. The van der Waals surface area contributed by atoms with Crippen LogP contribution in [0.5, 0.6) is 0 Å². The van der Waals surface area contributed by atoms with Gasteiger partial charge in [0.25, 0.3) is 0 Å². The van der Waals surface area contributed by atoms with Crippen molar-refractivity contribution in [2.24, 2.45) is 11.7 Å². The monoisotopic (exact) mass is 272 g/mol. The zero-order valence-corrected chi connectivity index (χ0v) is 12.0. The maximum Gasteiger partial charge on any atom is 0.240 e. The zero-order chi connectivity index (χ0) is 14.9. The summed E-state index contributed by atoms with van der Waals surface area (Å²) in [5.41, 5.74) is 13.8. The van der Waals surface area contributed by atoms with E-state index in [0.29, 0.717) is 5.69 Å². The van der Waals surface area contributed by atoms with E-state index < -0.39 is 6.04 Å². The van der Waals surface area contributed by atoms with Gasteiger partial charge in [-0.25, -0.2) is 0 Å². The average Bonchev–Trinajstić information content (AvgIpc) is 2.37. The summed E-state index contributed by atoms with van der Waals surface area (Å²) in [6, 6.07) is 5.21. The molecule has 0 fully saturated rings. The van der Waals surface area contributed by atoms with Crippen molar-refractivity contribution in [1.29, 1.82) is 0 Å². The average molecular weight is 272 g/mol. The van der Waals surface area contributed by atoms with Crippen LogP contribution in [-0.4, -0.2) is 16.9 Å². The lowest BCUT2D eigenvalue weighted by Crippen LogP contribution is -2.39. The Hall–Kier alpha value is -2.30. The van der Waals surface area contributed by atoms with Gasteiger partial charge in [-0.2, -0.15) is 0 Å². The highest BCUT2D eigenvalue weighted by Gasteiger charge is 2.20. The van der Waals surface area contributed by atoms with Crippen molar-refractivity contribution >= 4 is 28.1 Å². The smallest absolute Gasteiger partial charge is 0.240 e. The second kappa shape index (κ2) is 5.36. The number of primary amides is 1. The number of amides is 1. The molecule has 106 valence electrons. The second-order valence-corrected chi connectivity index (χ2v) is 5.34. The van der Waals surface area contributed by atoms with E-state index in [9.17, 15) is 4.79 Å². The number of rotatable bonds is 4. The Morgan fingerprint density at radius 1 is 1.30 bits per heavy atom. The topological polar surface area (TPSA) is 94.0 Å². The summed E-state index contributed by atoms with van der Waals surface area (Å²) in [4.78, 5) is 15.8. The Labute approximate surface area is 118 Å². The molecule has 0 aliphatic heterocycles. The molecule has 0 aliphatic rings. The lowest BCUT2D eigenvalue weighted by atomic mass is 10.0. The summed E-state index contributed by atoms with van der Waals surface area (Å²) >= 11 is 0. The first-order valence-electron chi connectivity index (χ1n) is 6.61. The van der Waals surface area contributed by atoms with E-state index in [1.54, 1.807) is 12.3 Å². The molecule has 1 aromatic carbocycles. The van der Waals surface area contributed by atoms with E-state index in [2.05, 4.69) is 10.3 Å². The van der Waals surface area contributed by atoms with Crippen LogP contribution in [-0.2, 0) is 4.79 Å². The van der Waals surface area contributed by atoms with Gasteiger partial charge in [0.1, 0.15) is 6.04 Å². The third-order valence-electron chi connectivity index (χ3n) is 3.36. The Morgan fingerprint density at radius 3 is 2.60 bits per heavy atom. The predicted octanol–water partition coefficient (Wildman–Crippen LogP) is 2.05.